The van der Waals surface area contributed by atoms with Gasteiger partial charge in [0.1, 0.15) is 5.60 Å². The fourth-order valence-electron chi connectivity index (χ4n) is 5.16. The number of imide groups is 1. The standard InChI is InChI=1S/C25H35N3O4/c1-24(2,3)32-23(31)28-16-12-25(13-17-28)10-14-27(15-11-25)19-6-4-18(5-7-19)20-8-9-21(29)26-22(20)30/h4-7,20H,8-17H2,1-3H3,(H,26,29,30)/t20-/m1/s1. The molecular weight excluding hydrogens is 406 g/mol. The second-order valence-corrected chi connectivity index (χ2v) is 10.5. The number of carbonyl (C=O) groups is 3. The van der Waals surface area contributed by atoms with Crippen LogP contribution in [0.3, 0.4) is 0 Å². The predicted molar refractivity (Wildman–Crippen MR) is 122 cm³/mol. The van der Waals surface area contributed by atoms with Crippen LogP contribution in [-0.4, -0.2) is 54.6 Å². The predicted octanol–water partition coefficient (Wildman–Crippen LogP) is 3.82. The number of rotatable bonds is 2. The van der Waals surface area contributed by atoms with Gasteiger partial charge in [0.05, 0.1) is 5.92 Å². The van der Waals surface area contributed by atoms with E-state index >= 15 is 0 Å². The Morgan fingerprint density at radius 2 is 1.59 bits per heavy atom. The molecule has 7 nitrogen and oxygen atoms in total. The van der Waals surface area contributed by atoms with Gasteiger partial charge in [-0.05, 0) is 76.0 Å². The van der Waals surface area contributed by atoms with E-state index in [1.165, 1.54) is 5.69 Å². The van der Waals surface area contributed by atoms with Crippen molar-refractivity contribution in [2.75, 3.05) is 31.1 Å². The molecule has 3 aliphatic rings. The van der Waals surface area contributed by atoms with Crippen LogP contribution in [0.25, 0.3) is 0 Å². The third-order valence-corrected chi connectivity index (χ3v) is 7.20. The molecule has 1 atom stereocenters. The van der Waals surface area contributed by atoms with Crippen molar-refractivity contribution in [3.05, 3.63) is 29.8 Å². The van der Waals surface area contributed by atoms with Crippen LogP contribution in [0.4, 0.5) is 10.5 Å². The number of hydrogen-bond donors (Lipinski definition) is 1. The Kier molecular flexibility index (Phi) is 6.19. The monoisotopic (exact) mass is 441 g/mol. The fraction of sp³-hybridized carbons (Fsp3) is 0.640. The third-order valence-electron chi connectivity index (χ3n) is 7.20. The summed E-state index contributed by atoms with van der Waals surface area (Å²) in [6, 6.07) is 8.25. The molecule has 0 unspecified atom stereocenters. The number of anilines is 1. The minimum Gasteiger partial charge on any atom is -0.444 e. The van der Waals surface area contributed by atoms with Crippen molar-refractivity contribution in [3.8, 4) is 0 Å². The summed E-state index contributed by atoms with van der Waals surface area (Å²) in [5, 5.41) is 2.44. The van der Waals surface area contributed by atoms with E-state index < -0.39 is 5.60 Å². The molecule has 4 rings (SSSR count). The van der Waals surface area contributed by atoms with Crippen molar-refractivity contribution in [1.29, 1.82) is 0 Å². The van der Waals surface area contributed by atoms with Crippen LogP contribution in [-0.2, 0) is 14.3 Å². The van der Waals surface area contributed by atoms with Crippen LogP contribution in [0, 0.1) is 5.41 Å². The molecule has 0 aliphatic carbocycles. The summed E-state index contributed by atoms with van der Waals surface area (Å²) in [5.74, 6) is -0.602. The van der Waals surface area contributed by atoms with E-state index in [1.807, 2.05) is 37.8 Å². The lowest BCUT2D eigenvalue weighted by atomic mass is 9.71. The fourth-order valence-corrected chi connectivity index (χ4v) is 5.16. The average Bonchev–Trinajstić information content (AvgIpc) is 2.74. The summed E-state index contributed by atoms with van der Waals surface area (Å²) >= 11 is 0. The summed E-state index contributed by atoms with van der Waals surface area (Å²) in [7, 11) is 0. The first-order chi connectivity index (χ1) is 15.1. The Hall–Kier alpha value is -2.57. The van der Waals surface area contributed by atoms with Crippen LogP contribution >= 0.6 is 0 Å². The van der Waals surface area contributed by atoms with Gasteiger partial charge in [0, 0.05) is 38.3 Å². The maximum absolute atomic E-state index is 12.4. The maximum Gasteiger partial charge on any atom is 0.410 e. The highest BCUT2D eigenvalue weighted by Gasteiger charge is 2.39. The van der Waals surface area contributed by atoms with E-state index in [2.05, 4.69) is 22.3 Å². The van der Waals surface area contributed by atoms with Gasteiger partial charge < -0.3 is 14.5 Å². The van der Waals surface area contributed by atoms with Crippen LogP contribution in [0.5, 0.6) is 0 Å². The summed E-state index contributed by atoms with van der Waals surface area (Å²) in [6.45, 7) is 9.27. The molecule has 174 valence electrons. The van der Waals surface area contributed by atoms with E-state index in [0.29, 0.717) is 18.3 Å². The number of likely N-dealkylation sites (tertiary alicyclic amines) is 1. The lowest BCUT2D eigenvalue weighted by molar-refractivity contribution is -0.134. The first-order valence-corrected chi connectivity index (χ1v) is 11.8. The molecule has 0 radical (unpaired) electrons. The second kappa shape index (κ2) is 8.75. The van der Waals surface area contributed by atoms with Gasteiger partial charge >= 0.3 is 6.09 Å². The molecule has 3 amide bonds. The minimum atomic E-state index is -0.453. The number of hydrogen-bond acceptors (Lipinski definition) is 5. The SMILES string of the molecule is CC(C)(C)OC(=O)N1CCC2(CC1)CCN(c1ccc([C@H]3CCC(=O)NC3=O)cc1)CC2. The molecule has 3 aliphatic heterocycles. The number of amides is 3. The molecule has 3 fully saturated rings. The Labute approximate surface area is 190 Å². The number of carbonyl (C=O) groups excluding carboxylic acids is 3. The smallest absolute Gasteiger partial charge is 0.410 e. The van der Waals surface area contributed by atoms with Gasteiger partial charge in [-0.3, -0.25) is 14.9 Å². The highest BCUT2D eigenvalue weighted by Crippen LogP contribution is 2.42. The molecule has 1 spiro atoms. The van der Waals surface area contributed by atoms with Crippen molar-refractivity contribution in [1.82, 2.24) is 10.2 Å². The Morgan fingerprint density at radius 1 is 1.00 bits per heavy atom. The van der Waals surface area contributed by atoms with Gasteiger partial charge in [0.2, 0.25) is 11.8 Å². The van der Waals surface area contributed by atoms with Crippen LogP contribution in [0.1, 0.15) is 70.8 Å². The zero-order valence-corrected chi connectivity index (χ0v) is 19.5. The van der Waals surface area contributed by atoms with Gasteiger partial charge in [-0.2, -0.15) is 0 Å². The molecule has 0 aromatic heterocycles. The Morgan fingerprint density at radius 3 is 2.16 bits per heavy atom. The van der Waals surface area contributed by atoms with Gasteiger partial charge in [0.15, 0.2) is 0 Å². The van der Waals surface area contributed by atoms with Crippen molar-refractivity contribution in [2.24, 2.45) is 5.41 Å². The number of piperidine rings is 3. The summed E-state index contributed by atoms with van der Waals surface area (Å²) in [5.41, 5.74) is 2.02. The molecular formula is C25H35N3O4. The zero-order chi connectivity index (χ0) is 22.9. The van der Waals surface area contributed by atoms with Gasteiger partial charge in [-0.1, -0.05) is 12.1 Å². The Bertz CT molecular complexity index is 856. The molecule has 32 heavy (non-hydrogen) atoms. The first kappa shape index (κ1) is 22.6. The number of benzene rings is 1. The van der Waals surface area contributed by atoms with Gasteiger partial charge in [-0.15, -0.1) is 0 Å². The van der Waals surface area contributed by atoms with Crippen molar-refractivity contribution in [3.63, 3.8) is 0 Å². The topological polar surface area (TPSA) is 79.0 Å². The largest absolute Gasteiger partial charge is 0.444 e. The average molecular weight is 442 g/mol. The van der Waals surface area contributed by atoms with E-state index in [0.717, 1.165) is 57.4 Å². The van der Waals surface area contributed by atoms with Crippen LogP contribution in [0.2, 0.25) is 0 Å². The molecule has 7 heteroatoms. The van der Waals surface area contributed by atoms with Crippen LogP contribution < -0.4 is 10.2 Å². The van der Waals surface area contributed by atoms with Crippen molar-refractivity contribution in [2.45, 2.75) is 70.8 Å². The normalized spacial score (nSPS) is 23.8. The lowest BCUT2D eigenvalue weighted by Gasteiger charge is -2.47. The highest BCUT2D eigenvalue weighted by atomic mass is 16.6. The number of ether oxygens (including phenoxy) is 1. The Balaban J connectivity index is 1.29. The molecule has 1 aromatic carbocycles. The number of nitrogens with one attached hydrogen (secondary N) is 1. The second-order valence-electron chi connectivity index (χ2n) is 10.5. The summed E-state index contributed by atoms with van der Waals surface area (Å²) in [4.78, 5) is 40.1. The third kappa shape index (κ3) is 5.08. The van der Waals surface area contributed by atoms with E-state index in [9.17, 15) is 14.4 Å². The molecule has 0 saturated carbocycles. The van der Waals surface area contributed by atoms with E-state index in [-0.39, 0.29) is 23.8 Å². The first-order valence-electron chi connectivity index (χ1n) is 11.8. The minimum absolute atomic E-state index is 0.179. The van der Waals surface area contributed by atoms with E-state index in [4.69, 9.17) is 4.74 Å². The lowest BCUT2D eigenvalue weighted by Crippen LogP contribution is -2.49. The molecule has 1 N–H and O–H groups in total. The molecule has 0 bridgehead atoms. The van der Waals surface area contributed by atoms with Gasteiger partial charge in [0.25, 0.3) is 0 Å². The zero-order valence-electron chi connectivity index (χ0n) is 19.5. The molecule has 3 heterocycles. The quantitative estimate of drug-likeness (QED) is 0.706. The van der Waals surface area contributed by atoms with Crippen molar-refractivity contribution >= 4 is 23.6 Å². The molecule has 3 saturated heterocycles. The number of nitrogens with zero attached hydrogens (tertiary/aromatic N) is 2. The maximum atomic E-state index is 12.4. The summed E-state index contributed by atoms with van der Waals surface area (Å²) in [6.07, 6.45) is 5.12. The van der Waals surface area contributed by atoms with Crippen molar-refractivity contribution < 1.29 is 19.1 Å². The summed E-state index contributed by atoms with van der Waals surface area (Å²) < 4.78 is 5.53. The van der Waals surface area contributed by atoms with Crippen LogP contribution in [0.15, 0.2) is 24.3 Å². The van der Waals surface area contributed by atoms with Gasteiger partial charge in [-0.25, -0.2) is 4.79 Å². The van der Waals surface area contributed by atoms with E-state index in [1.54, 1.807) is 0 Å². The molecule has 1 aromatic rings. The highest BCUT2D eigenvalue weighted by molar-refractivity contribution is 6.00.